The number of carbonyl (C=O) groups is 1. The third kappa shape index (κ3) is 2.19. The summed E-state index contributed by atoms with van der Waals surface area (Å²) in [6.45, 7) is 2.30. The summed E-state index contributed by atoms with van der Waals surface area (Å²) in [6.07, 6.45) is 6.91. The third-order valence-corrected chi connectivity index (χ3v) is 4.75. The average Bonchev–Trinajstić information content (AvgIpc) is 2.98. The molecule has 3 heteroatoms. The molecule has 1 aromatic carbocycles. The Morgan fingerprint density at radius 1 is 1.14 bits per heavy atom. The second kappa shape index (κ2) is 5.81. The molecule has 1 saturated carbocycles. The van der Waals surface area contributed by atoms with Gasteiger partial charge in [0.25, 0.3) is 0 Å². The Hall–Kier alpha value is -0.726. The van der Waals surface area contributed by atoms with Crippen LogP contribution in [-0.2, 0) is 42.2 Å². The number of carbonyl (C=O) groups excluding carboxylic acids is 1. The van der Waals surface area contributed by atoms with Gasteiger partial charge in [-0.25, -0.2) is 4.79 Å². The van der Waals surface area contributed by atoms with Crippen molar-refractivity contribution in [3.05, 3.63) is 60.0 Å². The van der Waals surface area contributed by atoms with Crippen LogP contribution in [0.3, 0.4) is 0 Å². The fourth-order valence-corrected chi connectivity index (χ4v) is 4.03. The summed E-state index contributed by atoms with van der Waals surface area (Å²) in [5.74, 6) is 1.63. The van der Waals surface area contributed by atoms with Crippen molar-refractivity contribution in [2.45, 2.75) is 6.92 Å². The first-order valence-corrected chi connectivity index (χ1v) is 7.31. The van der Waals surface area contributed by atoms with Gasteiger partial charge in [0, 0.05) is 38.3 Å². The van der Waals surface area contributed by atoms with Crippen molar-refractivity contribution >= 4 is 11.5 Å². The van der Waals surface area contributed by atoms with Crippen LogP contribution in [0.15, 0.2) is 48.1 Å². The summed E-state index contributed by atoms with van der Waals surface area (Å²) >= 11 is 0. The fraction of sp³-hybridized carbons (Fsp3) is 0.333. The van der Waals surface area contributed by atoms with Gasteiger partial charge in [0.15, 0.2) is 0 Å². The third-order valence-electron chi connectivity index (χ3n) is 4.75. The van der Waals surface area contributed by atoms with Gasteiger partial charge in [0.2, 0.25) is 0 Å². The molecule has 4 atom stereocenters. The molecule has 0 saturated heterocycles. The van der Waals surface area contributed by atoms with Crippen LogP contribution < -0.4 is 0 Å². The smallest absolute Gasteiger partial charge is 0.334 e. The van der Waals surface area contributed by atoms with E-state index < -0.39 is 0 Å². The van der Waals surface area contributed by atoms with Crippen molar-refractivity contribution in [1.82, 2.24) is 0 Å². The molecule has 0 heterocycles. The Kier molecular flexibility index (Phi) is 4.20. The minimum Gasteiger partial charge on any atom is -0.463 e. The average molecular weight is 354 g/mol. The molecule has 0 aliphatic heterocycles. The Morgan fingerprint density at radius 2 is 1.81 bits per heavy atom. The van der Waals surface area contributed by atoms with E-state index in [9.17, 15) is 4.79 Å². The molecule has 4 unspecified atom stereocenters. The van der Waals surface area contributed by atoms with E-state index in [0.29, 0.717) is 30.3 Å². The summed E-state index contributed by atoms with van der Waals surface area (Å²) in [5, 5.41) is 0. The van der Waals surface area contributed by atoms with Gasteiger partial charge in [0.05, 0.1) is 6.61 Å². The van der Waals surface area contributed by atoms with Crippen LogP contribution in [0.4, 0.5) is 0 Å². The van der Waals surface area contributed by atoms with E-state index in [1.165, 1.54) is 11.1 Å². The molecule has 0 amide bonds. The van der Waals surface area contributed by atoms with Gasteiger partial charge in [-0.3, -0.25) is 0 Å². The van der Waals surface area contributed by atoms with Gasteiger partial charge >= 0.3 is 5.97 Å². The molecular formula is C18H17O2Y-. The number of fused-ring (bicyclic) bond motifs is 5. The topological polar surface area (TPSA) is 26.3 Å². The van der Waals surface area contributed by atoms with Gasteiger partial charge in [-0.1, -0.05) is 30.3 Å². The van der Waals surface area contributed by atoms with Crippen LogP contribution >= 0.6 is 0 Å². The van der Waals surface area contributed by atoms with Crippen LogP contribution in [0.1, 0.15) is 12.5 Å². The zero-order chi connectivity index (χ0) is 13.7. The number of esters is 1. The van der Waals surface area contributed by atoms with Crippen LogP contribution in [0, 0.1) is 30.1 Å². The maximum absolute atomic E-state index is 12.3. The minimum atomic E-state index is -0.123. The van der Waals surface area contributed by atoms with Crippen molar-refractivity contribution in [2.75, 3.05) is 6.61 Å². The molecule has 0 aromatic heterocycles. The van der Waals surface area contributed by atoms with Crippen LogP contribution in [0.2, 0.25) is 0 Å². The molecule has 1 radical (unpaired) electrons. The summed E-state index contributed by atoms with van der Waals surface area (Å²) < 4.78 is 5.28. The second-order valence-corrected chi connectivity index (χ2v) is 5.70. The minimum absolute atomic E-state index is 0. The molecule has 2 nitrogen and oxygen atoms in total. The standard InChI is InChI=1S/C18H17O2.Y/c1-2-20-18(19)17-14(11-6-4-3-5-7-11)15-12-8-9-13(10-12)16(15)17;/h3-10,12-13,15-16H,2H2,1H3;/q-1;. The van der Waals surface area contributed by atoms with E-state index in [1.54, 1.807) is 0 Å². The normalized spacial score (nSPS) is 31.5. The van der Waals surface area contributed by atoms with Crippen LogP contribution in [0.25, 0.3) is 5.57 Å². The number of allylic oxidation sites excluding steroid dienone is 3. The Balaban J connectivity index is 0.00000132. The summed E-state index contributed by atoms with van der Waals surface area (Å²) in [4.78, 5) is 12.3. The zero-order valence-electron chi connectivity index (χ0n) is 12.0. The predicted octanol–water partition coefficient (Wildman–Crippen LogP) is 3.27. The van der Waals surface area contributed by atoms with Crippen molar-refractivity contribution in [3.63, 3.8) is 0 Å². The van der Waals surface area contributed by atoms with Gasteiger partial charge in [-0.2, -0.15) is 0 Å². The van der Waals surface area contributed by atoms with Crippen LogP contribution in [0.5, 0.6) is 0 Å². The molecular weight excluding hydrogens is 337 g/mol. The van der Waals surface area contributed by atoms with E-state index in [-0.39, 0.29) is 38.7 Å². The second-order valence-electron chi connectivity index (χ2n) is 5.70. The number of hydrogen-bond donors (Lipinski definition) is 0. The van der Waals surface area contributed by atoms with E-state index in [4.69, 9.17) is 4.74 Å². The Labute approximate surface area is 150 Å². The quantitative estimate of drug-likeness (QED) is 0.473. The van der Waals surface area contributed by atoms with Gasteiger partial charge in [-0.15, -0.1) is 24.0 Å². The van der Waals surface area contributed by atoms with Crippen molar-refractivity contribution in [1.29, 1.82) is 0 Å². The van der Waals surface area contributed by atoms with Gasteiger partial charge < -0.3 is 11.2 Å². The fourth-order valence-electron chi connectivity index (χ4n) is 4.03. The van der Waals surface area contributed by atoms with E-state index in [2.05, 4.69) is 30.7 Å². The van der Waals surface area contributed by atoms with E-state index in [0.717, 1.165) is 5.57 Å². The Morgan fingerprint density at radius 3 is 2.48 bits per heavy atom. The summed E-state index contributed by atoms with van der Waals surface area (Å²) in [7, 11) is 0. The molecule has 105 valence electrons. The summed E-state index contributed by atoms with van der Waals surface area (Å²) in [6, 6.07) is 10.3. The predicted molar refractivity (Wildman–Crippen MR) is 77.4 cm³/mol. The zero-order valence-corrected chi connectivity index (χ0v) is 14.9. The SMILES string of the molecule is CCOC(=O)C1=C(c2ccccc2)C2C3C=CC([CH-]3)C12.[Y]. The Bertz CT molecular complexity index is 617. The molecule has 0 spiro atoms. The van der Waals surface area contributed by atoms with Gasteiger partial charge in [0.1, 0.15) is 0 Å². The molecule has 21 heavy (non-hydrogen) atoms. The largest absolute Gasteiger partial charge is 0.463 e. The van der Waals surface area contributed by atoms with Crippen LogP contribution in [-0.4, -0.2) is 12.6 Å². The molecule has 4 rings (SSSR count). The molecule has 1 fully saturated rings. The molecule has 1 aromatic rings. The first kappa shape index (κ1) is 15.2. The molecule has 0 N–H and O–H groups in total. The number of ether oxygens (including phenoxy) is 1. The summed E-state index contributed by atoms with van der Waals surface area (Å²) in [5.41, 5.74) is 3.30. The van der Waals surface area contributed by atoms with E-state index >= 15 is 0 Å². The number of benzene rings is 1. The monoisotopic (exact) mass is 354 g/mol. The van der Waals surface area contributed by atoms with Crippen molar-refractivity contribution in [3.8, 4) is 0 Å². The maximum atomic E-state index is 12.3. The number of rotatable bonds is 3. The first-order chi connectivity index (χ1) is 9.81. The van der Waals surface area contributed by atoms with E-state index in [1.807, 2.05) is 25.1 Å². The molecule has 2 bridgehead atoms. The van der Waals surface area contributed by atoms with Crippen molar-refractivity contribution < 1.29 is 42.2 Å². The van der Waals surface area contributed by atoms with Crippen molar-refractivity contribution in [2.24, 2.45) is 23.7 Å². The molecule has 3 aliphatic rings. The molecule has 3 aliphatic carbocycles. The first-order valence-electron chi connectivity index (χ1n) is 7.31. The maximum Gasteiger partial charge on any atom is 0.334 e. The van der Waals surface area contributed by atoms with Gasteiger partial charge in [-0.05, 0) is 29.9 Å². The number of hydrogen-bond acceptors (Lipinski definition) is 2.